The molecule has 1 N–H and O–H groups in total. The Labute approximate surface area is 172 Å². The largest absolute Gasteiger partial charge is 0.508 e. The number of phenolic OH excluding ortho intramolecular Hbond substituents is 1. The Bertz CT molecular complexity index is 824. The number of phenols is 1. The van der Waals surface area contributed by atoms with Gasteiger partial charge in [-0.15, -0.1) is 0 Å². The molecule has 0 unspecified atom stereocenters. The van der Waals surface area contributed by atoms with Gasteiger partial charge in [0.05, 0.1) is 0 Å². The van der Waals surface area contributed by atoms with Crippen molar-refractivity contribution in [2.45, 2.75) is 53.4 Å². The van der Waals surface area contributed by atoms with E-state index < -0.39 is 0 Å². The van der Waals surface area contributed by atoms with Crippen LogP contribution in [0.5, 0.6) is 11.5 Å². The first-order chi connectivity index (χ1) is 12.6. The van der Waals surface area contributed by atoms with E-state index in [4.69, 9.17) is 33.2 Å². The van der Waals surface area contributed by atoms with Crippen LogP contribution in [-0.2, 0) is 0 Å². The molecule has 2 aromatic carbocycles. The van der Waals surface area contributed by atoms with E-state index >= 15 is 0 Å². The van der Waals surface area contributed by atoms with Gasteiger partial charge in [-0.25, -0.2) is 0 Å². The summed E-state index contributed by atoms with van der Waals surface area (Å²) in [7, 11) is 0. The van der Waals surface area contributed by atoms with Crippen LogP contribution in [0.2, 0.25) is 10.0 Å². The highest BCUT2D eigenvalue weighted by Gasteiger charge is 2.11. The van der Waals surface area contributed by atoms with Crippen LogP contribution in [0.1, 0.15) is 61.8 Å². The summed E-state index contributed by atoms with van der Waals surface area (Å²) in [5, 5.41) is 19.3. The zero-order valence-corrected chi connectivity index (χ0v) is 18.2. The average Bonchev–Trinajstić information content (AvgIpc) is 2.58. The average molecular weight is 408 g/mol. The summed E-state index contributed by atoms with van der Waals surface area (Å²) in [4.78, 5) is 0. The van der Waals surface area contributed by atoms with Crippen molar-refractivity contribution in [2.24, 2.45) is 0 Å². The van der Waals surface area contributed by atoms with Crippen LogP contribution in [0.15, 0.2) is 24.3 Å². The van der Waals surface area contributed by atoms with Crippen molar-refractivity contribution >= 4 is 23.2 Å². The first-order valence-electron chi connectivity index (χ1n) is 8.87. The summed E-state index contributed by atoms with van der Waals surface area (Å²) >= 11 is 11.8. The lowest BCUT2D eigenvalue weighted by Crippen LogP contribution is -2.00. The molecule has 146 valence electrons. The lowest BCUT2D eigenvalue weighted by Gasteiger charge is -2.14. The lowest BCUT2D eigenvalue weighted by molar-refractivity contribution is 0.362. The van der Waals surface area contributed by atoms with Crippen LogP contribution >= 0.6 is 23.2 Å². The van der Waals surface area contributed by atoms with Crippen molar-refractivity contribution in [1.29, 1.82) is 5.26 Å². The van der Waals surface area contributed by atoms with Gasteiger partial charge in [-0.05, 0) is 60.1 Å². The van der Waals surface area contributed by atoms with E-state index in [1.165, 1.54) is 0 Å². The normalized spacial score (nSPS) is 10.4. The van der Waals surface area contributed by atoms with Gasteiger partial charge in [-0.1, -0.05) is 63.0 Å². The number of hydrogen-bond donors (Lipinski definition) is 1. The Balaban J connectivity index is 0.000000277. The SMILES string of the molecule is Cc1cc(C(C)C)c(O)cc1Cl.Cc1cc(C(C)C)c(OCC#N)cc1Cl. The Morgan fingerprint density at radius 3 is 1.89 bits per heavy atom. The minimum Gasteiger partial charge on any atom is -0.508 e. The van der Waals surface area contributed by atoms with E-state index in [2.05, 4.69) is 13.8 Å². The first-order valence-corrected chi connectivity index (χ1v) is 9.62. The zero-order chi connectivity index (χ0) is 20.7. The van der Waals surface area contributed by atoms with E-state index in [0.717, 1.165) is 22.3 Å². The van der Waals surface area contributed by atoms with Gasteiger partial charge >= 0.3 is 0 Å². The summed E-state index contributed by atoms with van der Waals surface area (Å²) in [6.45, 7) is 12.2. The number of hydrogen-bond acceptors (Lipinski definition) is 3. The lowest BCUT2D eigenvalue weighted by atomic mass is 10.00. The quantitative estimate of drug-likeness (QED) is 0.584. The molecule has 0 bridgehead atoms. The van der Waals surface area contributed by atoms with Gasteiger partial charge < -0.3 is 9.84 Å². The van der Waals surface area contributed by atoms with Crippen molar-refractivity contribution in [3.8, 4) is 17.6 Å². The molecule has 0 amide bonds. The zero-order valence-electron chi connectivity index (χ0n) is 16.7. The maximum Gasteiger partial charge on any atom is 0.174 e. The van der Waals surface area contributed by atoms with Gasteiger partial charge in [0.1, 0.15) is 17.6 Å². The molecule has 0 spiro atoms. The minimum absolute atomic E-state index is 0.0547. The molecule has 0 radical (unpaired) electrons. The fraction of sp³-hybridized carbons (Fsp3) is 0.409. The number of nitriles is 1. The molecule has 0 heterocycles. The fourth-order valence-electron chi connectivity index (χ4n) is 2.53. The molecule has 27 heavy (non-hydrogen) atoms. The van der Waals surface area contributed by atoms with Crippen LogP contribution < -0.4 is 4.74 Å². The molecule has 0 fully saturated rings. The summed E-state index contributed by atoms with van der Waals surface area (Å²) in [5.41, 5.74) is 4.09. The van der Waals surface area contributed by atoms with Gasteiger partial charge in [-0.2, -0.15) is 5.26 Å². The number of nitrogens with zero attached hydrogens (tertiary/aromatic N) is 1. The molecular formula is C22H27Cl2NO2. The molecule has 0 aliphatic rings. The van der Waals surface area contributed by atoms with Crippen molar-refractivity contribution in [3.63, 3.8) is 0 Å². The fourth-order valence-corrected chi connectivity index (χ4v) is 2.84. The van der Waals surface area contributed by atoms with Crippen molar-refractivity contribution in [2.75, 3.05) is 6.61 Å². The van der Waals surface area contributed by atoms with E-state index in [0.29, 0.717) is 33.4 Å². The highest BCUT2D eigenvalue weighted by Crippen LogP contribution is 2.32. The van der Waals surface area contributed by atoms with Gasteiger partial charge in [0.15, 0.2) is 6.61 Å². The molecule has 0 aromatic heterocycles. The Morgan fingerprint density at radius 1 is 0.926 bits per heavy atom. The van der Waals surface area contributed by atoms with Gasteiger partial charge in [-0.3, -0.25) is 0 Å². The third-order valence-corrected chi connectivity index (χ3v) is 4.95. The number of benzene rings is 2. The van der Waals surface area contributed by atoms with Crippen LogP contribution in [-0.4, -0.2) is 11.7 Å². The molecule has 0 saturated carbocycles. The molecule has 0 aliphatic carbocycles. The van der Waals surface area contributed by atoms with Crippen LogP contribution in [0, 0.1) is 25.2 Å². The maximum atomic E-state index is 9.50. The van der Waals surface area contributed by atoms with Crippen molar-refractivity contribution in [1.82, 2.24) is 0 Å². The second-order valence-corrected chi connectivity index (χ2v) is 7.87. The molecule has 5 heteroatoms. The number of ether oxygens (including phenoxy) is 1. The van der Waals surface area contributed by atoms with E-state index in [9.17, 15) is 5.11 Å². The summed E-state index contributed by atoms with van der Waals surface area (Å²) < 4.78 is 5.34. The first kappa shape index (κ1) is 23.1. The highest BCUT2D eigenvalue weighted by atomic mass is 35.5. The molecule has 3 nitrogen and oxygen atoms in total. The molecule has 0 atom stereocenters. The van der Waals surface area contributed by atoms with E-state index in [1.54, 1.807) is 12.1 Å². The van der Waals surface area contributed by atoms with E-state index in [1.807, 2.05) is 45.9 Å². The summed E-state index contributed by atoms with van der Waals surface area (Å²) in [6, 6.07) is 9.28. The number of aromatic hydroxyl groups is 1. The number of halogens is 2. The van der Waals surface area contributed by atoms with Gasteiger partial charge in [0.25, 0.3) is 0 Å². The highest BCUT2D eigenvalue weighted by molar-refractivity contribution is 6.31. The minimum atomic E-state index is 0.0547. The van der Waals surface area contributed by atoms with E-state index in [-0.39, 0.29) is 6.61 Å². The van der Waals surface area contributed by atoms with Gasteiger partial charge in [0.2, 0.25) is 0 Å². The number of aryl methyl sites for hydroxylation is 2. The molecule has 0 aliphatic heterocycles. The maximum absolute atomic E-state index is 9.50. The van der Waals surface area contributed by atoms with Crippen LogP contribution in [0.3, 0.4) is 0 Å². The molecule has 2 aromatic rings. The standard InChI is InChI=1S/C12H14ClNO.C10H13ClO/c1-8(2)10-6-9(3)11(13)7-12(10)15-5-4-14;1-6(2)8-4-7(3)9(11)5-10(8)12/h6-8H,5H2,1-3H3;4-6,12H,1-3H3. The smallest absolute Gasteiger partial charge is 0.174 e. The molecule has 0 saturated heterocycles. The second-order valence-electron chi connectivity index (χ2n) is 7.06. The third-order valence-electron chi connectivity index (χ3n) is 4.14. The second kappa shape index (κ2) is 10.4. The summed E-state index contributed by atoms with van der Waals surface area (Å²) in [5.74, 6) is 1.69. The Hall–Kier alpha value is -1.89. The predicted octanol–water partition coefficient (Wildman–Crippen LogP) is 7.15. The van der Waals surface area contributed by atoms with Crippen molar-refractivity contribution < 1.29 is 9.84 Å². The third kappa shape index (κ3) is 6.65. The van der Waals surface area contributed by atoms with Crippen LogP contribution in [0.25, 0.3) is 0 Å². The number of rotatable bonds is 4. The summed E-state index contributed by atoms with van der Waals surface area (Å²) in [6.07, 6.45) is 0. The Morgan fingerprint density at radius 2 is 1.41 bits per heavy atom. The predicted molar refractivity (Wildman–Crippen MR) is 113 cm³/mol. The van der Waals surface area contributed by atoms with Crippen molar-refractivity contribution in [3.05, 3.63) is 56.6 Å². The Kier molecular flexibility index (Phi) is 8.96. The molecule has 2 rings (SSSR count). The topological polar surface area (TPSA) is 53.2 Å². The monoisotopic (exact) mass is 407 g/mol. The van der Waals surface area contributed by atoms with Crippen LogP contribution in [0.4, 0.5) is 0 Å². The molecular weight excluding hydrogens is 381 g/mol. The van der Waals surface area contributed by atoms with Gasteiger partial charge in [0, 0.05) is 10.0 Å².